The van der Waals surface area contributed by atoms with Gasteiger partial charge in [-0.05, 0) is 54.3 Å². The molecule has 0 spiro atoms. The van der Waals surface area contributed by atoms with Crippen LogP contribution in [0.2, 0.25) is 0 Å². The fourth-order valence-corrected chi connectivity index (χ4v) is 2.42. The lowest BCUT2D eigenvalue weighted by Crippen LogP contribution is -2.22. The van der Waals surface area contributed by atoms with Gasteiger partial charge in [0.05, 0.1) is 11.6 Å². The summed E-state index contributed by atoms with van der Waals surface area (Å²) in [5, 5.41) is 30.0. The number of anilines is 1. The Morgan fingerprint density at radius 3 is 2.40 bits per heavy atom. The van der Waals surface area contributed by atoms with Crippen LogP contribution in [-0.2, 0) is 4.74 Å². The van der Waals surface area contributed by atoms with Gasteiger partial charge in [-0.2, -0.15) is 5.26 Å². The first-order valence-electron chi connectivity index (χ1n) is 7.91. The van der Waals surface area contributed by atoms with Crippen molar-refractivity contribution in [2.45, 2.75) is 19.4 Å². The van der Waals surface area contributed by atoms with Crippen molar-refractivity contribution in [2.24, 2.45) is 5.92 Å². The lowest BCUT2D eigenvalue weighted by Gasteiger charge is -2.24. The molecule has 2 atom stereocenters. The van der Waals surface area contributed by atoms with Crippen LogP contribution < -0.4 is 5.32 Å². The van der Waals surface area contributed by atoms with E-state index >= 15 is 0 Å². The molecule has 0 heterocycles. The Morgan fingerprint density at radius 1 is 1.20 bits per heavy atom. The Kier molecular flexibility index (Phi) is 6.38. The molecule has 6 nitrogen and oxygen atoms in total. The number of benzene rings is 2. The van der Waals surface area contributed by atoms with Gasteiger partial charge in [0.25, 0.3) is 0 Å². The van der Waals surface area contributed by atoms with Gasteiger partial charge in [0.1, 0.15) is 11.9 Å². The summed E-state index contributed by atoms with van der Waals surface area (Å²) in [6.07, 6.45) is -0.728. The van der Waals surface area contributed by atoms with Crippen LogP contribution >= 0.6 is 0 Å². The highest BCUT2D eigenvalue weighted by Crippen LogP contribution is 2.30. The minimum Gasteiger partial charge on any atom is -0.508 e. The summed E-state index contributed by atoms with van der Waals surface area (Å²) in [7, 11) is 0. The van der Waals surface area contributed by atoms with Crippen molar-refractivity contribution in [3.8, 4) is 11.8 Å². The zero-order valence-corrected chi connectivity index (χ0v) is 13.8. The van der Waals surface area contributed by atoms with Crippen molar-refractivity contribution < 1.29 is 19.7 Å². The molecule has 0 fully saturated rings. The number of ether oxygens (including phenoxy) is 1. The molecule has 0 radical (unpaired) electrons. The highest BCUT2D eigenvalue weighted by atomic mass is 16.6. The number of rotatable bonds is 6. The highest BCUT2D eigenvalue weighted by molar-refractivity contribution is 5.84. The number of carbonyl (C=O) groups excluding carboxylic acids is 1. The molecule has 2 rings (SSSR count). The van der Waals surface area contributed by atoms with Crippen LogP contribution in [0.4, 0.5) is 10.5 Å². The molecule has 0 aliphatic carbocycles. The number of nitriles is 1. The number of hydrogen-bond donors (Lipinski definition) is 3. The standard InChI is InChI=1S/C19H20N2O4/c1-13(10-11-22)18(15-4-8-17(23)9-5-15)25-19(24)21-16-6-2-14(12-20)3-7-16/h2-9,13,18,22-23H,10-11H2,1H3,(H,21,24)/t13-,18-/m1/s1. The number of nitrogens with zero attached hydrogens (tertiary/aromatic N) is 1. The predicted molar refractivity (Wildman–Crippen MR) is 93.0 cm³/mol. The van der Waals surface area contributed by atoms with E-state index in [1.807, 2.05) is 13.0 Å². The monoisotopic (exact) mass is 340 g/mol. The third kappa shape index (κ3) is 5.23. The lowest BCUT2D eigenvalue weighted by molar-refractivity contribution is 0.0667. The Bertz CT molecular complexity index is 736. The van der Waals surface area contributed by atoms with E-state index in [0.717, 1.165) is 5.56 Å². The second kappa shape index (κ2) is 8.71. The molecule has 3 N–H and O–H groups in total. The highest BCUT2D eigenvalue weighted by Gasteiger charge is 2.23. The molecule has 25 heavy (non-hydrogen) atoms. The van der Waals surface area contributed by atoms with Crippen LogP contribution in [0.25, 0.3) is 0 Å². The van der Waals surface area contributed by atoms with E-state index in [2.05, 4.69) is 5.32 Å². The fourth-order valence-electron chi connectivity index (χ4n) is 2.42. The number of nitrogens with one attached hydrogen (secondary N) is 1. The van der Waals surface area contributed by atoms with Crippen LogP contribution in [0, 0.1) is 17.2 Å². The summed E-state index contributed by atoms with van der Waals surface area (Å²) in [5.74, 6) is 0.0144. The van der Waals surface area contributed by atoms with Gasteiger partial charge in [-0.25, -0.2) is 4.79 Å². The zero-order valence-electron chi connectivity index (χ0n) is 13.8. The molecule has 0 aliphatic heterocycles. The number of phenols is 1. The van der Waals surface area contributed by atoms with E-state index in [4.69, 9.17) is 10.00 Å². The SMILES string of the molecule is C[C@H](CCO)[C@@H](OC(=O)Nc1ccc(C#N)cc1)c1ccc(O)cc1. The van der Waals surface area contributed by atoms with Gasteiger partial charge < -0.3 is 14.9 Å². The van der Waals surface area contributed by atoms with Crippen LogP contribution in [0.3, 0.4) is 0 Å². The number of aliphatic hydroxyl groups is 1. The van der Waals surface area contributed by atoms with Crippen molar-refractivity contribution in [3.05, 3.63) is 59.7 Å². The van der Waals surface area contributed by atoms with E-state index in [-0.39, 0.29) is 18.3 Å². The number of hydrogen-bond acceptors (Lipinski definition) is 5. The number of carbonyl (C=O) groups is 1. The Hall–Kier alpha value is -3.04. The summed E-state index contributed by atoms with van der Waals surface area (Å²) in [4.78, 5) is 12.2. The van der Waals surface area contributed by atoms with Gasteiger partial charge in [-0.1, -0.05) is 19.1 Å². The Labute approximate surface area is 146 Å². The van der Waals surface area contributed by atoms with Crippen molar-refractivity contribution >= 4 is 11.8 Å². The first kappa shape index (κ1) is 18.3. The largest absolute Gasteiger partial charge is 0.508 e. The normalized spacial score (nSPS) is 12.7. The maximum absolute atomic E-state index is 12.2. The second-order valence-corrected chi connectivity index (χ2v) is 5.72. The molecule has 0 aromatic heterocycles. The van der Waals surface area contributed by atoms with E-state index in [9.17, 15) is 15.0 Å². The Morgan fingerprint density at radius 2 is 1.84 bits per heavy atom. The summed E-state index contributed by atoms with van der Waals surface area (Å²) < 4.78 is 5.54. The first-order chi connectivity index (χ1) is 12.0. The van der Waals surface area contributed by atoms with E-state index < -0.39 is 12.2 Å². The third-order valence-electron chi connectivity index (χ3n) is 3.82. The third-order valence-corrected chi connectivity index (χ3v) is 3.82. The van der Waals surface area contributed by atoms with Crippen molar-refractivity contribution in [3.63, 3.8) is 0 Å². The average molecular weight is 340 g/mol. The Balaban J connectivity index is 2.10. The molecule has 2 aromatic rings. The molecule has 0 aliphatic rings. The minimum atomic E-state index is -0.632. The molecule has 6 heteroatoms. The summed E-state index contributed by atoms with van der Waals surface area (Å²) in [5.41, 5.74) is 1.74. The minimum absolute atomic E-state index is 0.0175. The van der Waals surface area contributed by atoms with Gasteiger partial charge in [0.15, 0.2) is 0 Å². The van der Waals surface area contributed by atoms with Crippen LogP contribution in [-0.4, -0.2) is 22.9 Å². The number of aromatic hydroxyl groups is 1. The fraction of sp³-hybridized carbons (Fsp3) is 0.263. The van der Waals surface area contributed by atoms with Crippen LogP contribution in [0.15, 0.2) is 48.5 Å². The van der Waals surface area contributed by atoms with Gasteiger partial charge >= 0.3 is 6.09 Å². The topological polar surface area (TPSA) is 103 Å². The molecule has 1 amide bonds. The smallest absolute Gasteiger partial charge is 0.412 e. The maximum atomic E-state index is 12.2. The molecule has 0 saturated heterocycles. The number of phenolic OH excluding ortho intramolecular Hbond substituents is 1. The zero-order chi connectivity index (χ0) is 18.2. The second-order valence-electron chi connectivity index (χ2n) is 5.72. The summed E-state index contributed by atoms with van der Waals surface area (Å²) >= 11 is 0. The van der Waals surface area contributed by atoms with Crippen molar-refractivity contribution in [1.29, 1.82) is 5.26 Å². The average Bonchev–Trinajstić information content (AvgIpc) is 2.61. The molecule has 0 unspecified atom stereocenters. The summed E-state index contributed by atoms with van der Waals surface area (Å²) in [6, 6.07) is 14.9. The number of aliphatic hydroxyl groups excluding tert-OH is 1. The van der Waals surface area contributed by atoms with E-state index in [1.165, 1.54) is 12.1 Å². The predicted octanol–water partition coefficient (Wildman–Crippen LogP) is 3.57. The maximum Gasteiger partial charge on any atom is 0.412 e. The van der Waals surface area contributed by atoms with Gasteiger partial charge in [-0.15, -0.1) is 0 Å². The van der Waals surface area contributed by atoms with Gasteiger partial charge in [-0.3, -0.25) is 5.32 Å². The molecular weight excluding hydrogens is 320 g/mol. The quantitative estimate of drug-likeness (QED) is 0.746. The first-order valence-corrected chi connectivity index (χ1v) is 7.91. The van der Waals surface area contributed by atoms with E-state index in [0.29, 0.717) is 17.7 Å². The number of amides is 1. The summed E-state index contributed by atoms with van der Waals surface area (Å²) in [6.45, 7) is 1.86. The molecule has 0 saturated carbocycles. The van der Waals surface area contributed by atoms with Crippen LogP contribution in [0.1, 0.15) is 30.6 Å². The van der Waals surface area contributed by atoms with Crippen molar-refractivity contribution in [2.75, 3.05) is 11.9 Å². The van der Waals surface area contributed by atoms with Crippen LogP contribution in [0.5, 0.6) is 5.75 Å². The molecule has 2 aromatic carbocycles. The van der Waals surface area contributed by atoms with E-state index in [1.54, 1.807) is 36.4 Å². The van der Waals surface area contributed by atoms with Gasteiger partial charge in [0.2, 0.25) is 0 Å². The molecular formula is C19H20N2O4. The van der Waals surface area contributed by atoms with Gasteiger partial charge in [0, 0.05) is 12.3 Å². The molecule has 0 bridgehead atoms. The lowest BCUT2D eigenvalue weighted by atomic mass is 9.94. The molecule has 130 valence electrons. The van der Waals surface area contributed by atoms with Crippen molar-refractivity contribution in [1.82, 2.24) is 0 Å².